The van der Waals surface area contributed by atoms with Gasteiger partial charge < -0.3 is 4.90 Å². The minimum absolute atomic E-state index is 0.350. The van der Waals surface area contributed by atoms with Gasteiger partial charge in [0.2, 0.25) is 5.13 Å². The third-order valence-corrected chi connectivity index (χ3v) is 7.13. The van der Waals surface area contributed by atoms with E-state index in [0.717, 1.165) is 40.1 Å². The summed E-state index contributed by atoms with van der Waals surface area (Å²) in [6.07, 6.45) is 3.94. The normalized spacial score (nSPS) is 13.6. The molecule has 0 N–H and O–H groups in total. The highest BCUT2D eigenvalue weighted by Crippen LogP contribution is 2.37. The van der Waals surface area contributed by atoms with Gasteiger partial charge in [-0.1, -0.05) is 53.8 Å². The van der Waals surface area contributed by atoms with Crippen molar-refractivity contribution < 1.29 is 0 Å². The number of thiazole rings is 1. The van der Waals surface area contributed by atoms with Crippen LogP contribution in [0.25, 0.3) is 26.5 Å². The summed E-state index contributed by atoms with van der Waals surface area (Å²) in [6.45, 7) is 2.14. The molecule has 5 aromatic rings. The van der Waals surface area contributed by atoms with Crippen LogP contribution in [0.15, 0.2) is 89.2 Å². The summed E-state index contributed by atoms with van der Waals surface area (Å²) < 4.78 is 2.64. The topological polar surface area (TPSA) is 82.5 Å². The molecule has 2 aromatic heterocycles. The van der Waals surface area contributed by atoms with Gasteiger partial charge in [-0.3, -0.25) is 0 Å². The van der Waals surface area contributed by atoms with Gasteiger partial charge in [0.05, 0.1) is 22.1 Å². The number of nitrogens with zero attached hydrogens (tertiary/aromatic N) is 7. The van der Waals surface area contributed by atoms with Gasteiger partial charge in [-0.25, -0.2) is 4.98 Å². The average molecular weight is 476 g/mol. The number of fused-ring (bicyclic) bond motifs is 1. The van der Waals surface area contributed by atoms with Gasteiger partial charge in [0, 0.05) is 24.3 Å². The quantitative estimate of drug-likeness (QED) is 0.255. The number of hydrogen-bond donors (Lipinski definition) is 0. The maximum absolute atomic E-state index is 9.68. The van der Waals surface area contributed by atoms with Crippen LogP contribution in [-0.4, -0.2) is 27.9 Å². The van der Waals surface area contributed by atoms with Crippen molar-refractivity contribution in [3.8, 4) is 22.3 Å². The number of para-hydroxylation sites is 1. The molecule has 35 heavy (non-hydrogen) atoms. The zero-order chi connectivity index (χ0) is 23.6. The van der Waals surface area contributed by atoms with Gasteiger partial charge >= 0.3 is 0 Å². The molecule has 6 rings (SSSR count). The van der Waals surface area contributed by atoms with Gasteiger partial charge in [-0.15, -0.1) is 10.2 Å². The van der Waals surface area contributed by atoms with Gasteiger partial charge in [0.1, 0.15) is 11.6 Å². The second-order valence-corrected chi connectivity index (χ2v) is 9.34. The van der Waals surface area contributed by atoms with Crippen LogP contribution in [0.4, 0.5) is 17.2 Å². The van der Waals surface area contributed by atoms with Crippen molar-refractivity contribution in [2.75, 3.05) is 18.0 Å². The number of hydrogen-bond acceptors (Lipinski definition) is 7. The van der Waals surface area contributed by atoms with E-state index in [0.29, 0.717) is 16.5 Å². The minimum atomic E-state index is 0.350. The molecule has 1 aliphatic heterocycles. The summed E-state index contributed by atoms with van der Waals surface area (Å²) in [5.74, 6) is 0.370. The highest BCUT2D eigenvalue weighted by molar-refractivity contribution is 7.20. The Kier molecular flexibility index (Phi) is 5.53. The Hall–Kier alpha value is -4.35. The lowest BCUT2D eigenvalue weighted by Crippen LogP contribution is -2.17. The zero-order valence-electron chi connectivity index (χ0n) is 18.9. The fraction of sp³-hybridized carbons (Fsp3) is 0.148. The Morgan fingerprint density at radius 2 is 1.71 bits per heavy atom. The van der Waals surface area contributed by atoms with Crippen molar-refractivity contribution in [2.45, 2.75) is 12.8 Å². The molecule has 3 heterocycles. The lowest BCUT2D eigenvalue weighted by atomic mass is 10.0. The lowest BCUT2D eigenvalue weighted by molar-refractivity contribution is 0.863. The van der Waals surface area contributed by atoms with Crippen LogP contribution >= 0.6 is 11.3 Å². The van der Waals surface area contributed by atoms with Crippen LogP contribution in [0.2, 0.25) is 0 Å². The monoisotopic (exact) mass is 475 g/mol. The molecule has 0 saturated carbocycles. The first-order valence-corrected chi connectivity index (χ1v) is 12.3. The molecule has 170 valence electrons. The molecule has 0 amide bonds. The van der Waals surface area contributed by atoms with Crippen molar-refractivity contribution in [3.05, 3.63) is 84.6 Å². The molecule has 0 bridgehead atoms. The molecule has 1 fully saturated rings. The van der Waals surface area contributed by atoms with E-state index in [4.69, 9.17) is 0 Å². The molecule has 0 spiro atoms. The molecule has 0 unspecified atom stereocenters. The first kappa shape index (κ1) is 21.2. The number of nitriles is 1. The Labute approximate surface area is 206 Å². The molecule has 0 atom stereocenters. The van der Waals surface area contributed by atoms with Gasteiger partial charge in [-0.2, -0.15) is 15.0 Å². The second-order valence-electron chi connectivity index (χ2n) is 8.33. The molecule has 1 aliphatic rings. The SMILES string of the molecule is N#Cc1cnn(-c2nc3ccccc3s2)c1/N=N/c1ccc(N2CCCC2)cc1-c1ccccc1. The average Bonchev–Trinajstić information content (AvgIpc) is 3.67. The maximum atomic E-state index is 9.68. The molecule has 1 saturated heterocycles. The molecular weight excluding hydrogens is 454 g/mol. The third-order valence-electron chi connectivity index (χ3n) is 6.12. The van der Waals surface area contributed by atoms with E-state index in [-0.39, 0.29) is 0 Å². The Bertz CT molecular complexity index is 1540. The van der Waals surface area contributed by atoms with Crippen molar-refractivity contribution in [3.63, 3.8) is 0 Å². The lowest BCUT2D eigenvalue weighted by Gasteiger charge is -2.19. The second kappa shape index (κ2) is 9.12. The molecule has 8 heteroatoms. The van der Waals surface area contributed by atoms with E-state index in [1.54, 1.807) is 4.68 Å². The molecular formula is C27H21N7S. The molecule has 3 aromatic carbocycles. The van der Waals surface area contributed by atoms with Crippen molar-refractivity contribution in [1.29, 1.82) is 5.26 Å². The first-order valence-electron chi connectivity index (χ1n) is 11.5. The van der Waals surface area contributed by atoms with Crippen LogP contribution < -0.4 is 4.90 Å². The summed E-state index contributed by atoms with van der Waals surface area (Å²) in [6, 6.07) is 26.6. The maximum Gasteiger partial charge on any atom is 0.213 e. The molecule has 7 nitrogen and oxygen atoms in total. The van der Waals surface area contributed by atoms with E-state index in [2.05, 4.69) is 55.5 Å². The highest BCUT2D eigenvalue weighted by atomic mass is 32.1. The van der Waals surface area contributed by atoms with E-state index < -0.39 is 0 Å². The van der Waals surface area contributed by atoms with E-state index >= 15 is 0 Å². The molecule has 0 aliphatic carbocycles. The van der Waals surface area contributed by atoms with Crippen LogP contribution in [0.3, 0.4) is 0 Å². The van der Waals surface area contributed by atoms with E-state index in [1.165, 1.54) is 36.1 Å². The molecule has 0 radical (unpaired) electrons. The number of aromatic nitrogens is 3. The van der Waals surface area contributed by atoms with Crippen molar-refractivity contribution in [2.24, 2.45) is 10.2 Å². The van der Waals surface area contributed by atoms with Gasteiger partial charge in [0.25, 0.3) is 0 Å². The van der Waals surface area contributed by atoms with Gasteiger partial charge in [-0.05, 0) is 48.7 Å². The van der Waals surface area contributed by atoms with Crippen LogP contribution in [0, 0.1) is 11.3 Å². The predicted octanol–water partition coefficient (Wildman–Crippen LogP) is 7.04. The Morgan fingerprint density at radius 3 is 2.51 bits per heavy atom. The summed E-state index contributed by atoms with van der Waals surface area (Å²) in [5.41, 5.74) is 5.24. The number of rotatable bonds is 5. The first-order chi connectivity index (χ1) is 17.3. The van der Waals surface area contributed by atoms with Crippen LogP contribution in [0.5, 0.6) is 0 Å². The largest absolute Gasteiger partial charge is 0.372 e. The van der Waals surface area contributed by atoms with E-state index in [9.17, 15) is 5.26 Å². The zero-order valence-corrected chi connectivity index (χ0v) is 19.7. The highest BCUT2D eigenvalue weighted by Gasteiger charge is 2.17. The number of azo groups is 1. The summed E-state index contributed by atoms with van der Waals surface area (Å²) in [4.78, 5) is 7.08. The van der Waals surface area contributed by atoms with Crippen molar-refractivity contribution in [1.82, 2.24) is 14.8 Å². The Balaban J connectivity index is 1.43. The number of anilines is 1. The predicted molar refractivity (Wildman–Crippen MR) is 139 cm³/mol. The summed E-state index contributed by atoms with van der Waals surface area (Å²) in [7, 11) is 0. The minimum Gasteiger partial charge on any atom is -0.372 e. The van der Waals surface area contributed by atoms with Gasteiger partial charge in [0.15, 0.2) is 5.82 Å². The third kappa shape index (κ3) is 4.07. The van der Waals surface area contributed by atoms with Crippen molar-refractivity contribution >= 4 is 38.7 Å². The van der Waals surface area contributed by atoms with Crippen LogP contribution in [0.1, 0.15) is 18.4 Å². The fourth-order valence-electron chi connectivity index (χ4n) is 4.34. The summed E-state index contributed by atoms with van der Waals surface area (Å²) in [5, 5.41) is 23.9. The Morgan fingerprint density at radius 1 is 0.914 bits per heavy atom. The smallest absolute Gasteiger partial charge is 0.213 e. The van der Waals surface area contributed by atoms with Crippen LogP contribution in [-0.2, 0) is 0 Å². The fourth-order valence-corrected chi connectivity index (χ4v) is 5.27. The number of benzene rings is 3. The summed E-state index contributed by atoms with van der Waals surface area (Å²) >= 11 is 1.50. The standard InChI is InChI=1S/C27H21N7S/c28-17-20-18-29-34(27-30-24-10-4-5-11-25(24)35-27)26(20)32-31-23-13-12-21(33-14-6-7-15-33)16-22(23)19-8-2-1-3-9-19/h1-5,8-13,16,18H,6-7,14-15H2/b32-31+. The van der Waals surface area contributed by atoms with E-state index in [1.807, 2.05) is 48.5 Å².